The maximum atomic E-state index is 10.8. The number of thiazole rings is 1. The number of carboxylic acids is 1. The Morgan fingerprint density at radius 1 is 1.45 bits per heavy atom. The summed E-state index contributed by atoms with van der Waals surface area (Å²) in [6.07, 6.45) is 1.22. The van der Waals surface area contributed by atoms with Crippen LogP contribution < -0.4 is 0 Å². The van der Waals surface area contributed by atoms with Crippen molar-refractivity contribution in [2.75, 3.05) is 0 Å². The van der Waals surface area contributed by atoms with Crippen LogP contribution in [0.5, 0.6) is 0 Å². The number of thiophene rings is 1. The number of furan rings is 1. The van der Waals surface area contributed by atoms with Crippen molar-refractivity contribution in [1.82, 2.24) is 4.98 Å². The second kappa shape index (κ2) is 5.16. The molecule has 0 saturated heterocycles. The summed E-state index contributed by atoms with van der Waals surface area (Å²) in [4.78, 5) is 17.6. The van der Waals surface area contributed by atoms with Gasteiger partial charge in [0.05, 0.1) is 10.4 Å². The van der Waals surface area contributed by atoms with Gasteiger partial charge < -0.3 is 9.52 Å². The highest BCUT2D eigenvalue weighted by molar-refractivity contribution is 9.10. The second-order valence-corrected chi connectivity index (χ2v) is 7.03. The molecule has 102 valence electrons. The maximum Gasteiger partial charge on any atom is 0.338 e. The Balaban J connectivity index is 1.95. The molecule has 0 saturated carbocycles. The van der Waals surface area contributed by atoms with E-state index in [1.54, 1.807) is 11.3 Å². The Hall–Kier alpha value is -1.44. The van der Waals surface area contributed by atoms with E-state index in [1.165, 1.54) is 28.5 Å². The van der Waals surface area contributed by atoms with Crippen molar-refractivity contribution in [3.63, 3.8) is 0 Å². The van der Waals surface area contributed by atoms with Crippen LogP contribution >= 0.6 is 38.6 Å². The Bertz CT molecular complexity index is 768. The summed E-state index contributed by atoms with van der Waals surface area (Å²) >= 11 is 6.66. The monoisotopic (exact) mass is 369 g/mol. The Kier molecular flexibility index (Phi) is 3.49. The number of hydrogen-bond acceptors (Lipinski definition) is 5. The number of halogens is 1. The van der Waals surface area contributed by atoms with Gasteiger partial charge in [-0.1, -0.05) is 0 Å². The number of carbonyl (C=O) groups is 1. The van der Waals surface area contributed by atoms with Crippen molar-refractivity contribution in [2.45, 2.75) is 6.92 Å². The largest absolute Gasteiger partial charge is 0.478 e. The summed E-state index contributed by atoms with van der Waals surface area (Å²) < 4.78 is 6.32. The highest BCUT2D eigenvalue weighted by atomic mass is 79.9. The number of aromatic nitrogens is 1. The van der Waals surface area contributed by atoms with Gasteiger partial charge in [0.25, 0.3) is 0 Å². The number of aryl methyl sites for hydroxylation is 1. The quantitative estimate of drug-likeness (QED) is 0.712. The summed E-state index contributed by atoms with van der Waals surface area (Å²) in [5.74, 6) is -0.537. The molecule has 4 nitrogen and oxygen atoms in total. The van der Waals surface area contributed by atoms with Gasteiger partial charge in [0.1, 0.15) is 17.0 Å². The minimum Gasteiger partial charge on any atom is -0.478 e. The first-order valence-corrected chi connectivity index (χ1v) is 8.07. The Morgan fingerprint density at radius 3 is 2.85 bits per heavy atom. The molecule has 0 aromatic carbocycles. The van der Waals surface area contributed by atoms with Gasteiger partial charge in [-0.3, -0.25) is 0 Å². The molecule has 0 aliphatic heterocycles. The lowest BCUT2D eigenvalue weighted by Crippen LogP contribution is -1.91. The molecule has 0 bridgehead atoms. The molecule has 0 fully saturated rings. The molecule has 0 unspecified atom stereocenters. The van der Waals surface area contributed by atoms with Crippen molar-refractivity contribution < 1.29 is 14.3 Å². The zero-order chi connectivity index (χ0) is 14.3. The molecular weight excluding hydrogens is 362 g/mol. The molecule has 0 spiro atoms. The van der Waals surface area contributed by atoms with E-state index >= 15 is 0 Å². The highest BCUT2D eigenvalue weighted by Gasteiger charge is 2.14. The minimum atomic E-state index is -1.01. The molecule has 7 heteroatoms. The molecule has 3 aromatic rings. The third kappa shape index (κ3) is 2.44. The average molecular weight is 370 g/mol. The lowest BCUT2D eigenvalue weighted by atomic mass is 10.3. The van der Waals surface area contributed by atoms with Gasteiger partial charge in [0, 0.05) is 20.8 Å². The highest BCUT2D eigenvalue weighted by Crippen LogP contribution is 2.37. The minimum absolute atomic E-state index is 0.129. The SMILES string of the molecule is Cc1sc(-c2nc(-c3cc(C(=O)O)co3)cs2)cc1Br. The zero-order valence-electron chi connectivity index (χ0n) is 10.2. The number of nitrogens with zero attached hydrogens (tertiary/aromatic N) is 1. The van der Waals surface area contributed by atoms with Crippen molar-refractivity contribution in [2.24, 2.45) is 0 Å². The molecule has 0 amide bonds. The molecule has 0 aliphatic carbocycles. The van der Waals surface area contributed by atoms with Crippen LogP contribution in [-0.2, 0) is 0 Å². The van der Waals surface area contributed by atoms with Crippen LogP contribution in [0.15, 0.2) is 32.7 Å². The Morgan fingerprint density at radius 2 is 2.25 bits per heavy atom. The smallest absolute Gasteiger partial charge is 0.338 e. The second-order valence-electron chi connectivity index (χ2n) is 4.06. The Labute approximate surface area is 130 Å². The number of carboxylic acid groups (broad SMARTS) is 1. The molecular formula is C13H8BrNO3S2. The first-order chi connectivity index (χ1) is 9.54. The van der Waals surface area contributed by atoms with Gasteiger partial charge in [-0.15, -0.1) is 22.7 Å². The number of hydrogen-bond donors (Lipinski definition) is 1. The predicted octanol–water partition coefficient (Wildman–Crippen LogP) is 4.90. The number of rotatable bonds is 3. The van der Waals surface area contributed by atoms with Crippen LogP contribution in [0.3, 0.4) is 0 Å². The summed E-state index contributed by atoms with van der Waals surface area (Å²) in [6.45, 7) is 2.04. The maximum absolute atomic E-state index is 10.8. The average Bonchev–Trinajstić information content (AvgIpc) is 3.09. The van der Waals surface area contributed by atoms with Crippen LogP contribution in [0.4, 0.5) is 0 Å². The van der Waals surface area contributed by atoms with Gasteiger partial charge in [-0.25, -0.2) is 9.78 Å². The van der Waals surface area contributed by atoms with E-state index in [0.717, 1.165) is 14.4 Å². The van der Waals surface area contributed by atoms with Crippen LogP contribution in [0, 0.1) is 6.92 Å². The van der Waals surface area contributed by atoms with Gasteiger partial charge >= 0.3 is 5.97 Å². The van der Waals surface area contributed by atoms with E-state index in [9.17, 15) is 4.79 Å². The first-order valence-electron chi connectivity index (χ1n) is 5.58. The predicted molar refractivity (Wildman–Crippen MR) is 82.5 cm³/mol. The van der Waals surface area contributed by atoms with Crippen LogP contribution in [0.1, 0.15) is 15.2 Å². The van der Waals surface area contributed by atoms with E-state index in [0.29, 0.717) is 11.5 Å². The van der Waals surface area contributed by atoms with Crippen molar-refractivity contribution >= 4 is 44.6 Å². The molecule has 0 atom stereocenters. The molecule has 20 heavy (non-hydrogen) atoms. The van der Waals surface area contributed by atoms with Crippen molar-refractivity contribution in [3.8, 4) is 21.3 Å². The van der Waals surface area contributed by atoms with E-state index in [1.807, 2.05) is 18.4 Å². The summed E-state index contributed by atoms with van der Waals surface area (Å²) in [7, 11) is 0. The van der Waals surface area contributed by atoms with E-state index in [4.69, 9.17) is 9.52 Å². The fraction of sp³-hybridized carbons (Fsp3) is 0.0769. The van der Waals surface area contributed by atoms with E-state index in [2.05, 4.69) is 20.9 Å². The first kappa shape index (κ1) is 13.5. The zero-order valence-corrected chi connectivity index (χ0v) is 13.4. The lowest BCUT2D eigenvalue weighted by Gasteiger charge is -1.88. The van der Waals surface area contributed by atoms with Gasteiger partial charge in [0.2, 0.25) is 0 Å². The fourth-order valence-electron chi connectivity index (χ4n) is 1.65. The normalized spacial score (nSPS) is 10.9. The van der Waals surface area contributed by atoms with Gasteiger partial charge in [-0.05, 0) is 28.9 Å². The third-order valence-electron chi connectivity index (χ3n) is 2.67. The summed E-state index contributed by atoms with van der Waals surface area (Å²) in [5.41, 5.74) is 0.781. The molecule has 0 radical (unpaired) electrons. The van der Waals surface area contributed by atoms with E-state index in [-0.39, 0.29) is 5.56 Å². The van der Waals surface area contributed by atoms with Crippen LogP contribution in [0.2, 0.25) is 0 Å². The molecule has 3 heterocycles. The molecule has 3 rings (SSSR count). The summed E-state index contributed by atoms with van der Waals surface area (Å²) in [6, 6.07) is 3.52. The topological polar surface area (TPSA) is 63.3 Å². The number of aromatic carboxylic acids is 1. The van der Waals surface area contributed by atoms with Gasteiger partial charge in [-0.2, -0.15) is 0 Å². The van der Waals surface area contributed by atoms with Crippen molar-refractivity contribution in [1.29, 1.82) is 0 Å². The van der Waals surface area contributed by atoms with Crippen LogP contribution in [-0.4, -0.2) is 16.1 Å². The summed E-state index contributed by atoms with van der Waals surface area (Å²) in [5, 5.41) is 11.6. The van der Waals surface area contributed by atoms with E-state index < -0.39 is 5.97 Å². The third-order valence-corrected chi connectivity index (χ3v) is 5.82. The van der Waals surface area contributed by atoms with Crippen LogP contribution in [0.25, 0.3) is 21.3 Å². The standard InChI is InChI=1S/C13H8BrNO3S2/c1-6-8(14)3-11(20-6)12-15-9(5-19-12)10-2-7(4-18-10)13(16)17/h2-5H,1H3,(H,16,17). The lowest BCUT2D eigenvalue weighted by molar-refractivity contribution is 0.0696. The molecule has 0 aliphatic rings. The fourth-order valence-corrected chi connectivity index (χ4v) is 4.05. The van der Waals surface area contributed by atoms with Crippen molar-refractivity contribution in [3.05, 3.63) is 38.7 Å². The molecule has 1 N–H and O–H groups in total. The van der Waals surface area contributed by atoms with Gasteiger partial charge in [0.15, 0.2) is 5.76 Å². The molecule has 3 aromatic heterocycles.